The molecule has 1 aromatic carbocycles. The summed E-state index contributed by atoms with van der Waals surface area (Å²) >= 11 is 0. The second-order valence-electron chi connectivity index (χ2n) is 6.57. The van der Waals surface area contributed by atoms with Gasteiger partial charge < -0.3 is 15.0 Å². The highest BCUT2D eigenvalue weighted by Gasteiger charge is 2.25. The lowest BCUT2D eigenvalue weighted by Crippen LogP contribution is -2.40. The summed E-state index contributed by atoms with van der Waals surface area (Å²) in [6.45, 7) is 6.91. The molecule has 1 N–H and O–H groups in total. The van der Waals surface area contributed by atoms with E-state index in [2.05, 4.69) is 39.4 Å². The molecule has 1 fully saturated rings. The lowest BCUT2D eigenvalue weighted by atomic mass is 10.1. The van der Waals surface area contributed by atoms with Crippen molar-refractivity contribution < 1.29 is 4.74 Å². The first-order valence-corrected chi connectivity index (χ1v) is 9.24. The highest BCUT2D eigenvalue weighted by molar-refractivity contribution is 5.80. The summed E-state index contributed by atoms with van der Waals surface area (Å²) in [5.41, 5.74) is 1.22. The van der Waals surface area contributed by atoms with Crippen LogP contribution in [0.4, 0.5) is 0 Å². The maximum atomic E-state index is 5.92. The molecule has 140 valence electrons. The number of nitrogens with zero attached hydrogens (tertiary/aromatic N) is 5. The molecule has 0 aliphatic carbocycles. The third-order valence-corrected chi connectivity index (χ3v) is 4.56. The molecule has 1 atom stereocenters. The molecule has 0 amide bonds. The van der Waals surface area contributed by atoms with Crippen LogP contribution in [0.25, 0.3) is 0 Å². The van der Waals surface area contributed by atoms with E-state index in [4.69, 9.17) is 9.73 Å². The molecule has 0 saturated carbocycles. The van der Waals surface area contributed by atoms with Gasteiger partial charge >= 0.3 is 0 Å². The van der Waals surface area contributed by atoms with Gasteiger partial charge in [0.25, 0.3) is 0 Å². The molecule has 2 heterocycles. The van der Waals surface area contributed by atoms with Crippen LogP contribution in [0.3, 0.4) is 0 Å². The molecule has 7 heteroatoms. The van der Waals surface area contributed by atoms with E-state index in [1.165, 1.54) is 5.56 Å². The zero-order valence-corrected chi connectivity index (χ0v) is 15.6. The van der Waals surface area contributed by atoms with Crippen LogP contribution in [0.15, 0.2) is 41.7 Å². The predicted molar refractivity (Wildman–Crippen MR) is 102 cm³/mol. The molecule has 1 aliphatic rings. The molecule has 1 unspecified atom stereocenters. The first-order valence-electron chi connectivity index (χ1n) is 9.24. The van der Waals surface area contributed by atoms with Crippen LogP contribution in [0.5, 0.6) is 0 Å². The number of aryl methyl sites for hydroxylation is 1. The van der Waals surface area contributed by atoms with Crippen molar-refractivity contribution in [3.8, 4) is 0 Å². The highest BCUT2D eigenvalue weighted by Crippen LogP contribution is 2.17. The van der Waals surface area contributed by atoms with Crippen molar-refractivity contribution in [1.82, 2.24) is 25.0 Å². The van der Waals surface area contributed by atoms with Crippen molar-refractivity contribution in [2.24, 2.45) is 18.0 Å². The summed E-state index contributed by atoms with van der Waals surface area (Å²) in [4.78, 5) is 11.3. The van der Waals surface area contributed by atoms with Gasteiger partial charge in [-0.25, -0.2) is 9.98 Å². The summed E-state index contributed by atoms with van der Waals surface area (Å²) in [6, 6.07) is 10.3. The van der Waals surface area contributed by atoms with Gasteiger partial charge in [-0.15, -0.1) is 0 Å². The Labute approximate surface area is 155 Å². The Morgan fingerprint density at radius 3 is 2.92 bits per heavy atom. The smallest absolute Gasteiger partial charge is 0.194 e. The fourth-order valence-corrected chi connectivity index (χ4v) is 3.11. The zero-order valence-electron chi connectivity index (χ0n) is 15.6. The Hall–Kier alpha value is -2.41. The Kier molecular flexibility index (Phi) is 6.60. The minimum atomic E-state index is 0.532. The van der Waals surface area contributed by atoms with Crippen LogP contribution in [0.2, 0.25) is 0 Å². The minimum absolute atomic E-state index is 0.532. The average Bonchev–Trinajstić information content (AvgIpc) is 3.29. The van der Waals surface area contributed by atoms with Gasteiger partial charge in [0.05, 0.1) is 13.2 Å². The maximum absolute atomic E-state index is 5.92. The Morgan fingerprint density at radius 1 is 1.35 bits per heavy atom. The van der Waals surface area contributed by atoms with Crippen LogP contribution in [0, 0.1) is 5.92 Å². The Balaban J connectivity index is 1.49. The quantitative estimate of drug-likeness (QED) is 0.605. The SMILES string of the molecule is CCNC(=NCc1ncnn1C)N1CCC(COCc2ccccc2)C1. The van der Waals surface area contributed by atoms with Crippen LogP contribution in [-0.2, 0) is 24.9 Å². The largest absolute Gasteiger partial charge is 0.376 e. The molecule has 26 heavy (non-hydrogen) atoms. The summed E-state index contributed by atoms with van der Waals surface area (Å²) in [7, 11) is 1.89. The Morgan fingerprint density at radius 2 is 2.19 bits per heavy atom. The maximum Gasteiger partial charge on any atom is 0.194 e. The highest BCUT2D eigenvalue weighted by atomic mass is 16.5. The number of ether oxygens (including phenoxy) is 1. The third kappa shape index (κ3) is 5.05. The monoisotopic (exact) mass is 356 g/mol. The van der Waals surface area contributed by atoms with Crippen LogP contribution < -0.4 is 5.32 Å². The van der Waals surface area contributed by atoms with Gasteiger partial charge in [-0.3, -0.25) is 4.68 Å². The van der Waals surface area contributed by atoms with E-state index in [1.807, 2.05) is 25.2 Å². The van der Waals surface area contributed by atoms with E-state index in [0.29, 0.717) is 19.1 Å². The van der Waals surface area contributed by atoms with E-state index < -0.39 is 0 Å². The molecular formula is C19H28N6O. The standard InChI is InChI=1S/C19H28N6O/c1-3-20-19(21-11-18-22-15-23-24(18)2)25-10-9-17(12-25)14-26-13-16-7-5-4-6-8-16/h4-8,15,17H,3,9-14H2,1-2H3,(H,20,21). The molecule has 0 radical (unpaired) electrons. The van der Waals surface area contributed by atoms with Gasteiger partial charge in [0.15, 0.2) is 5.96 Å². The molecule has 1 saturated heterocycles. The average molecular weight is 356 g/mol. The number of hydrogen-bond acceptors (Lipinski definition) is 4. The number of hydrogen-bond donors (Lipinski definition) is 1. The topological polar surface area (TPSA) is 67.6 Å². The lowest BCUT2D eigenvalue weighted by molar-refractivity contribution is 0.0906. The number of benzene rings is 1. The fourth-order valence-electron chi connectivity index (χ4n) is 3.11. The molecule has 1 aliphatic heterocycles. The van der Waals surface area contributed by atoms with Crippen molar-refractivity contribution >= 4 is 5.96 Å². The van der Waals surface area contributed by atoms with Gasteiger partial charge in [0, 0.05) is 32.6 Å². The number of aromatic nitrogens is 3. The van der Waals surface area contributed by atoms with Crippen LogP contribution in [0.1, 0.15) is 24.7 Å². The summed E-state index contributed by atoms with van der Waals surface area (Å²) in [5, 5.41) is 7.48. The van der Waals surface area contributed by atoms with Crippen molar-refractivity contribution in [2.45, 2.75) is 26.5 Å². The van der Waals surface area contributed by atoms with Crippen LogP contribution in [-0.4, -0.2) is 51.9 Å². The Bertz CT molecular complexity index is 699. The molecule has 7 nitrogen and oxygen atoms in total. The van der Waals surface area contributed by atoms with Crippen molar-refractivity contribution in [1.29, 1.82) is 0 Å². The van der Waals surface area contributed by atoms with E-state index in [0.717, 1.165) is 44.4 Å². The van der Waals surface area contributed by atoms with Crippen molar-refractivity contribution in [3.63, 3.8) is 0 Å². The minimum Gasteiger partial charge on any atom is -0.376 e. The first-order chi connectivity index (χ1) is 12.8. The molecular weight excluding hydrogens is 328 g/mol. The van der Waals surface area contributed by atoms with Gasteiger partial charge in [-0.1, -0.05) is 30.3 Å². The van der Waals surface area contributed by atoms with Crippen molar-refractivity contribution in [2.75, 3.05) is 26.2 Å². The van der Waals surface area contributed by atoms with Gasteiger partial charge in [-0.05, 0) is 18.9 Å². The second kappa shape index (κ2) is 9.33. The van der Waals surface area contributed by atoms with Crippen molar-refractivity contribution in [3.05, 3.63) is 48.0 Å². The molecule has 0 spiro atoms. The second-order valence-corrected chi connectivity index (χ2v) is 6.57. The lowest BCUT2D eigenvalue weighted by Gasteiger charge is -2.21. The predicted octanol–water partition coefficient (Wildman–Crippen LogP) is 1.82. The first kappa shape index (κ1) is 18.4. The fraction of sp³-hybridized carbons (Fsp3) is 0.526. The summed E-state index contributed by atoms with van der Waals surface area (Å²) < 4.78 is 7.68. The van der Waals surface area contributed by atoms with Gasteiger partial charge in [-0.2, -0.15) is 5.10 Å². The number of likely N-dealkylation sites (tertiary alicyclic amines) is 1. The number of guanidine groups is 1. The third-order valence-electron chi connectivity index (χ3n) is 4.56. The summed E-state index contributed by atoms with van der Waals surface area (Å²) in [6.07, 6.45) is 2.69. The van der Waals surface area contributed by atoms with Crippen LogP contribution >= 0.6 is 0 Å². The zero-order chi connectivity index (χ0) is 18.2. The van der Waals surface area contributed by atoms with E-state index in [1.54, 1.807) is 11.0 Å². The summed E-state index contributed by atoms with van der Waals surface area (Å²) in [5.74, 6) is 2.35. The molecule has 2 aromatic rings. The molecule has 1 aromatic heterocycles. The number of rotatable bonds is 7. The number of nitrogens with one attached hydrogen (secondary N) is 1. The van der Waals surface area contributed by atoms with E-state index in [-0.39, 0.29) is 0 Å². The van der Waals surface area contributed by atoms with E-state index >= 15 is 0 Å². The molecule has 0 bridgehead atoms. The normalized spacial score (nSPS) is 17.7. The number of aliphatic imine (C=N–C) groups is 1. The van der Waals surface area contributed by atoms with E-state index in [9.17, 15) is 0 Å². The van der Waals surface area contributed by atoms with Gasteiger partial charge in [0.2, 0.25) is 0 Å². The molecule has 3 rings (SSSR count). The van der Waals surface area contributed by atoms with Gasteiger partial charge in [0.1, 0.15) is 18.7 Å².